The Hall–Kier alpha value is -2.88. The summed E-state index contributed by atoms with van der Waals surface area (Å²) in [5, 5.41) is 0. The molecule has 0 N–H and O–H groups in total. The van der Waals surface area contributed by atoms with Gasteiger partial charge in [0.1, 0.15) is 5.82 Å². The number of hydrogen-bond donors (Lipinski definition) is 0. The van der Waals surface area contributed by atoms with Crippen LogP contribution in [0.4, 0.5) is 0 Å². The maximum atomic E-state index is 5.16. The van der Waals surface area contributed by atoms with E-state index in [-0.39, 0.29) is 0 Å². The van der Waals surface area contributed by atoms with E-state index >= 15 is 0 Å². The summed E-state index contributed by atoms with van der Waals surface area (Å²) in [6.07, 6.45) is 3.45. The fraction of sp³-hybridized carbons (Fsp3) is 0.333. The van der Waals surface area contributed by atoms with Crippen LogP contribution >= 0.6 is 0 Å². The molecule has 4 heteroatoms. The van der Waals surface area contributed by atoms with Crippen molar-refractivity contribution in [3.05, 3.63) is 83.9 Å². The fourth-order valence-corrected chi connectivity index (χ4v) is 1.91. The van der Waals surface area contributed by atoms with E-state index in [1.165, 1.54) is 11.1 Å². The molecule has 3 aromatic rings. The highest BCUT2D eigenvalue weighted by atomic mass is 16.7. The lowest BCUT2D eigenvalue weighted by Gasteiger charge is -1.94. The van der Waals surface area contributed by atoms with Crippen LogP contribution in [0.5, 0.6) is 11.5 Å². The van der Waals surface area contributed by atoms with E-state index in [0.717, 1.165) is 17.3 Å². The van der Waals surface area contributed by atoms with E-state index in [1.54, 1.807) is 18.5 Å². The van der Waals surface area contributed by atoms with Crippen molar-refractivity contribution in [1.82, 2.24) is 9.97 Å². The SMILES string of the molecule is CC.CC.Cc1ccc2c(c1)OCO2.Cc1ccccc1.Cc1ncccn1. The van der Waals surface area contributed by atoms with Crippen LogP contribution in [0.1, 0.15) is 44.6 Å². The quantitative estimate of drug-likeness (QED) is 0.442. The number of ether oxygens (including phenoxy) is 2. The molecule has 0 fully saturated rings. The summed E-state index contributed by atoms with van der Waals surface area (Å²) >= 11 is 0. The Morgan fingerprint density at radius 1 is 0.643 bits per heavy atom. The summed E-state index contributed by atoms with van der Waals surface area (Å²) in [6.45, 7) is 14.3. The van der Waals surface area contributed by atoms with Crippen molar-refractivity contribution in [2.75, 3.05) is 6.79 Å². The van der Waals surface area contributed by atoms with E-state index in [1.807, 2.05) is 77.9 Å². The van der Waals surface area contributed by atoms with Gasteiger partial charge in [-0.1, -0.05) is 69.7 Å². The van der Waals surface area contributed by atoms with Crippen molar-refractivity contribution in [1.29, 1.82) is 0 Å². The van der Waals surface area contributed by atoms with Crippen molar-refractivity contribution in [2.45, 2.75) is 48.5 Å². The average Bonchev–Trinajstić information content (AvgIpc) is 3.21. The van der Waals surface area contributed by atoms with E-state index in [2.05, 4.69) is 29.0 Å². The second kappa shape index (κ2) is 16.3. The van der Waals surface area contributed by atoms with Crippen LogP contribution in [0.15, 0.2) is 67.0 Å². The van der Waals surface area contributed by atoms with Gasteiger partial charge in [-0.2, -0.15) is 0 Å². The third kappa shape index (κ3) is 11.0. The van der Waals surface area contributed by atoms with Gasteiger partial charge in [0.25, 0.3) is 0 Å². The largest absolute Gasteiger partial charge is 0.454 e. The van der Waals surface area contributed by atoms with Gasteiger partial charge in [-0.05, 0) is 44.5 Å². The van der Waals surface area contributed by atoms with Gasteiger partial charge < -0.3 is 9.47 Å². The second-order valence-corrected chi connectivity index (χ2v) is 5.31. The van der Waals surface area contributed by atoms with Gasteiger partial charge in [0, 0.05) is 12.4 Å². The number of nitrogens with zero attached hydrogens (tertiary/aromatic N) is 2. The van der Waals surface area contributed by atoms with Gasteiger partial charge >= 0.3 is 0 Å². The topological polar surface area (TPSA) is 44.2 Å². The highest BCUT2D eigenvalue weighted by Gasteiger charge is 2.11. The number of benzene rings is 2. The first-order valence-corrected chi connectivity index (χ1v) is 9.76. The van der Waals surface area contributed by atoms with Crippen LogP contribution in [0.25, 0.3) is 0 Å². The molecule has 2 aromatic carbocycles. The maximum absolute atomic E-state index is 5.16. The Kier molecular flexibility index (Phi) is 14.6. The number of hydrogen-bond acceptors (Lipinski definition) is 4. The van der Waals surface area contributed by atoms with Crippen molar-refractivity contribution in [3.63, 3.8) is 0 Å². The van der Waals surface area contributed by atoms with Gasteiger partial charge in [-0.25, -0.2) is 9.97 Å². The lowest BCUT2D eigenvalue weighted by atomic mass is 10.2. The zero-order chi connectivity index (χ0) is 21.2. The first-order valence-electron chi connectivity index (χ1n) is 9.76. The van der Waals surface area contributed by atoms with Crippen molar-refractivity contribution in [2.24, 2.45) is 0 Å². The molecule has 4 nitrogen and oxygen atoms in total. The maximum Gasteiger partial charge on any atom is 0.231 e. The van der Waals surface area contributed by atoms with Gasteiger partial charge in [0.15, 0.2) is 11.5 Å². The molecule has 0 saturated carbocycles. The molecule has 1 aliphatic rings. The molecule has 0 unspecified atom stereocenters. The second-order valence-electron chi connectivity index (χ2n) is 5.31. The zero-order valence-electron chi connectivity index (χ0n) is 18.3. The standard InChI is InChI=1S/C8H8O2.C7H8.C5H6N2.2C2H6/c1-6-2-3-7-8(4-6)10-5-9-7;1-7-5-3-2-4-6-7;1-5-6-3-2-4-7-5;2*1-2/h2-4H,5H2,1H3;2-6H,1H3;2-4H,1H3;2*1-2H3. The van der Waals surface area contributed by atoms with Gasteiger partial charge in [-0.3, -0.25) is 0 Å². The predicted octanol–water partition coefficient (Wildman–Crippen LogP) is 6.56. The molecule has 0 atom stereocenters. The molecular weight excluding hydrogens is 348 g/mol. The Labute approximate surface area is 170 Å². The lowest BCUT2D eigenvalue weighted by molar-refractivity contribution is 0.174. The molecule has 1 aromatic heterocycles. The van der Waals surface area contributed by atoms with E-state index in [4.69, 9.17) is 9.47 Å². The summed E-state index contributed by atoms with van der Waals surface area (Å²) in [7, 11) is 0. The highest BCUT2D eigenvalue weighted by molar-refractivity contribution is 5.43. The molecule has 152 valence electrons. The fourth-order valence-electron chi connectivity index (χ4n) is 1.91. The number of rotatable bonds is 0. The molecule has 1 aliphatic heterocycles. The third-order valence-electron chi connectivity index (χ3n) is 3.16. The van der Waals surface area contributed by atoms with Crippen molar-refractivity contribution < 1.29 is 9.47 Å². The van der Waals surface area contributed by atoms with Crippen molar-refractivity contribution in [3.8, 4) is 11.5 Å². The molecular formula is C24H34N2O2. The van der Waals surface area contributed by atoms with Crippen LogP contribution in [0.2, 0.25) is 0 Å². The van der Waals surface area contributed by atoms with E-state index < -0.39 is 0 Å². The minimum atomic E-state index is 0.360. The molecule has 0 amide bonds. The third-order valence-corrected chi connectivity index (χ3v) is 3.16. The van der Waals surface area contributed by atoms with Crippen LogP contribution in [-0.4, -0.2) is 16.8 Å². The Bertz CT molecular complexity index is 695. The van der Waals surface area contributed by atoms with E-state index in [9.17, 15) is 0 Å². The summed E-state index contributed by atoms with van der Waals surface area (Å²) in [5.74, 6) is 2.54. The zero-order valence-corrected chi connectivity index (χ0v) is 18.3. The Morgan fingerprint density at radius 3 is 1.68 bits per heavy atom. The molecule has 0 aliphatic carbocycles. The van der Waals surface area contributed by atoms with Crippen molar-refractivity contribution >= 4 is 0 Å². The molecule has 0 radical (unpaired) electrons. The van der Waals surface area contributed by atoms with Gasteiger partial charge in [0.05, 0.1) is 0 Å². The van der Waals surface area contributed by atoms with Crippen LogP contribution in [-0.2, 0) is 0 Å². The van der Waals surface area contributed by atoms with Crippen LogP contribution in [0.3, 0.4) is 0 Å². The monoisotopic (exact) mass is 382 g/mol. The normalized spacial score (nSPS) is 9.68. The minimum absolute atomic E-state index is 0.360. The van der Waals surface area contributed by atoms with E-state index in [0.29, 0.717) is 6.79 Å². The lowest BCUT2D eigenvalue weighted by Crippen LogP contribution is -1.92. The first kappa shape index (κ1) is 25.1. The van der Waals surface area contributed by atoms with Crippen LogP contribution in [0, 0.1) is 20.8 Å². The Morgan fingerprint density at radius 2 is 1.21 bits per heavy atom. The number of aryl methyl sites for hydroxylation is 3. The summed E-state index contributed by atoms with van der Waals surface area (Å²) < 4.78 is 10.3. The summed E-state index contributed by atoms with van der Waals surface area (Å²) in [6, 6.07) is 18.0. The number of fused-ring (bicyclic) bond motifs is 1. The van der Waals surface area contributed by atoms with Crippen LogP contribution < -0.4 is 9.47 Å². The number of aromatic nitrogens is 2. The summed E-state index contributed by atoms with van der Waals surface area (Å²) in [5.41, 5.74) is 2.52. The van der Waals surface area contributed by atoms with Gasteiger partial charge in [0.2, 0.25) is 6.79 Å². The predicted molar refractivity (Wildman–Crippen MR) is 118 cm³/mol. The molecule has 0 saturated heterocycles. The Balaban J connectivity index is 0.000000366. The highest BCUT2D eigenvalue weighted by Crippen LogP contribution is 2.31. The molecule has 28 heavy (non-hydrogen) atoms. The average molecular weight is 383 g/mol. The molecule has 0 bridgehead atoms. The first-order chi connectivity index (χ1) is 13.6. The molecule has 0 spiro atoms. The summed E-state index contributed by atoms with van der Waals surface area (Å²) in [4.78, 5) is 7.74. The minimum Gasteiger partial charge on any atom is -0.454 e. The molecule has 4 rings (SSSR count). The molecule has 2 heterocycles. The van der Waals surface area contributed by atoms with Gasteiger partial charge in [-0.15, -0.1) is 0 Å². The smallest absolute Gasteiger partial charge is 0.231 e.